The number of alkyl halides is 3. The first-order valence-corrected chi connectivity index (χ1v) is 12.8. The molecule has 1 aliphatic rings. The number of Topliss-reactive ketones (excluding diaryl/α,β-unsaturated/α-hetero) is 2. The maximum Gasteiger partial charge on any atom is 0.416 e. The Bertz CT molecular complexity index is 1750. The highest BCUT2D eigenvalue weighted by Crippen LogP contribution is 2.38. The third kappa shape index (κ3) is 4.68. The van der Waals surface area contributed by atoms with Crippen LogP contribution in [0.15, 0.2) is 97.2 Å². The number of hydrogen-bond acceptors (Lipinski definition) is 3. The maximum absolute atomic E-state index is 13.5. The van der Waals surface area contributed by atoms with Gasteiger partial charge in [-0.05, 0) is 65.6 Å². The summed E-state index contributed by atoms with van der Waals surface area (Å²) >= 11 is 0. The van der Waals surface area contributed by atoms with Crippen LogP contribution in [0.4, 0.5) is 13.2 Å². The average molecular weight is 540 g/mol. The number of aromatic nitrogens is 1. The highest BCUT2D eigenvalue weighted by Gasteiger charge is 2.40. The Morgan fingerprint density at radius 3 is 2.25 bits per heavy atom. The van der Waals surface area contributed by atoms with Crippen molar-refractivity contribution in [3.05, 3.63) is 136 Å². The van der Waals surface area contributed by atoms with Gasteiger partial charge >= 0.3 is 6.18 Å². The predicted molar refractivity (Wildman–Crippen MR) is 146 cm³/mol. The Balaban J connectivity index is 1.27. The van der Waals surface area contributed by atoms with Crippen molar-refractivity contribution in [2.45, 2.75) is 32.2 Å². The molecule has 5 aromatic rings. The molecule has 4 aromatic carbocycles. The summed E-state index contributed by atoms with van der Waals surface area (Å²) in [5.74, 6) is -0.979. The quantitative estimate of drug-likeness (QED) is 0.207. The van der Waals surface area contributed by atoms with E-state index in [1.54, 1.807) is 24.3 Å². The number of fused-ring (bicyclic) bond motifs is 2. The van der Waals surface area contributed by atoms with E-state index in [1.807, 2.05) is 60.2 Å². The summed E-state index contributed by atoms with van der Waals surface area (Å²) in [4.78, 5) is 26.9. The molecule has 0 bridgehead atoms. The molecular weight excluding hydrogens is 515 g/mol. The number of aryl methyl sites for hydroxylation is 1. The minimum absolute atomic E-state index is 0.258. The zero-order chi connectivity index (χ0) is 28.0. The van der Waals surface area contributed by atoms with E-state index < -0.39 is 17.7 Å². The van der Waals surface area contributed by atoms with E-state index in [0.717, 1.165) is 34.2 Å². The first kappa shape index (κ1) is 25.6. The third-order valence-electron chi connectivity index (χ3n) is 7.37. The van der Waals surface area contributed by atoms with Crippen LogP contribution in [0.1, 0.15) is 54.5 Å². The number of hydrogen-bond donors (Lipinski definition) is 0. The van der Waals surface area contributed by atoms with Crippen LogP contribution in [0.3, 0.4) is 0 Å². The highest BCUT2D eigenvalue weighted by atomic mass is 19.4. The van der Waals surface area contributed by atoms with E-state index in [-0.39, 0.29) is 11.6 Å². The van der Waals surface area contributed by atoms with Crippen molar-refractivity contribution in [1.82, 2.24) is 4.57 Å². The van der Waals surface area contributed by atoms with Crippen molar-refractivity contribution < 1.29 is 27.5 Å². The number of halogens is 3. The van der Waals surface area contributed by atoms with Gasteiger partial charge in [0.25, 0.3) is 0 Å². The molecule has 6 rings (SSSR count). The molecule has 40 heavy (non-hydrogen) atoms. The second-order valence-electron chi connectivity index (χ2n) is 10.1. The number of ketones is 2. The van der Waals surface area contributed by atoms with E-state index in [2.05, 4.69) is 0 Å². The van der Waals surface area contributed by atoms with Gasteiger partial charge in [-0.25, -0.2) is 0 Å². The first-order chi connectivity index (χ1) is 19.2. The Labute approximate surface area is 228 Å². The standard InChI is InChI=1S/C33H24F3NO3/c1-20-17-37(18-21-7-10-24(11-8-21)33(34,35)36)29-15-23(9-13-26(20)29)30-31(38)27-14-12-25(16-28(27)32(30)39)40-19-22-5-3-2-4-6-22/h2-17,30H,18-19H2,1H3. The second kappa shape index (κ2) is 9.83. The summed E-state index contributed by atoms with van der Waals surface area (Å²) in [6, 6.07) is 25.3. The van der Waals surface area contributed by atoms with E-state index in [0.29, 0.717) is 41.2 Å². The molecule has 0 fully saturated rings. The van der Waals surface area contributed by atoms with Crippen molar-refractivity contribution in [3.8, 4) is 5.75 Å². The van der Waals surface area contributed by atoms with Crippen molar-refractivity contribution in [2.75, 3.05) is 0 Å². The van der Waals surface area contributed by atoms with Gasteiger partial charge in [0.15, 0.2) is 11.6 Å². The van der Waals surface area contributed by atoms with Crippen LogP contribution in [-0.2, 0) is 19.3 Å². The van der Waals surface area contributed by atoms with Gasteiger partial charge in [-0.3, -0.25) is 9.59 Å². The van der Waals surface area contributed by atoms with Gasteiger partial charge in [0, 0.05) is 34.8 Å². The molecule has 0 radical (unpaired) electrons. The Morgan fingerprint density at radius 2 is 1.52 bits per heavy atom. The molecular formula is C33H24F3NO3. The number of carbonyl (C=O) groups excluding carboxylic acids is 2. The van der Waals surface area contributed by atoms with Crippen LogP contribution >= 0.6 is 0 Å². The molecule has 7 heteroatoms. The molecule has 0 saturated heterocycles. The summed E-state index contributed by atoms with van der Waals surface area (Å²) in [6.07, 6.45) is -2.47. The van der Waals surface area contributed by atoms with E-state index in [4.69, 9.17) is 4.74 Å². The second-order valence-corrected chi connectivity index (χ2v) is 10.1. The zero-order valence-corrected chi connectivity index (χ0v) is 21.5. The minimum atomic E-state index is -4.39. The number of benzene rings is 4. The Kier molecular flexibility index (Phi) is 6.29. The molecule has 0 aliphatic heterocycles. The molecule has 0 saturated carbocycles. The van der Waals surface area contributed by atoms with E-state index >= 15 is 0 Å². The molecule has 1 aliphatic carbocycles. The van der Waals surface area contributed by atoms with Crippen LogP contribution in [0.5, 0.6) is 5.75 Å². The summed E-state index contributed by atoms with van der Waals surface area (Å²) in [5.41, 5.74) is 4.09. The van der Waals surface area contributed by atoms with Gasteiger partial charge in [-0.2, -0.15) is 13.2 Å². The summed E-state index contributed by atoms with van der Waals surface area (Å²) in [7, 11) is 0. The fourth-order valence-electron chi connectivity index (χ4n) is 5.30. The van der Waals surface area contributed by atoms with Crippen molar-refractivity contribution >= 4 is 22.5 Å². The molecule has 1 heterocycles. The summed E-state index contributed by atoms with van der Waals surface area (Å²) < 4.78 is 46.7. The molecule has 1 aromatic heterocycles. The van der Waals surface area contributed by atoms with Crippen LogP contribution in [0.2, 0.25) is 0 Å². The molecule has 1 atom stereocenters. The van der Waals surface area contributed by atoms with Gasteiger partial charge in [0.2, 0.25) is 0 Å². The molecule has 0 amide bonds. The van der Waals surface area contributed by atoms with Gasteiger partial charge in [-0.15, -0.1) is 0 Å². The molecule has 200 valence electrons. The number of carbonyl (C=O) groups is 2. The summed E-state index contributed by atoms with van der Waals surface area (Å²) in [5, 5.41) is 0.947. The molecule has 1 unspecified atom stereocenters. The minimum Gasteiger partial charge on any atom is -0.489 e. The Hall–Kier alpha value is -4.65. The average Bonchev–Trinajstić information content (AvgIpc) is 3.39. The molecule has 0 N–H and O–H groups in total. The fourth-order valence-corrected chi connectivity index (χ4v) is 5.30. The monoisotopic (exact) mass is 539 g/mol. The predicted octanol–water partition coefficient (Wildman–Crippen LogP) is 7.76. The molecule has 4 nitrogen and oxygen atoms in total. The van der Waals surface area contributed by atoms with Gasteiger partial charge in [0.05, 0.1) is 5.56 Å². The van der Waals surface area contributed by atoms with E-state index in [1.165, 1.54) is 12.1 Å². The van der Waals surface area contributed by atoms with Gasteiger partial charge in [0.1, 0.15) is 18.3 Å². The zero-order valence-electron chi connectivity index (χ0n) is 21.5. The lowest BCUT2D eigenvalue weighted by molar-refractivity contribution is -0.137. The van der Waals surface area contributed by atoms with Crippen LogP contribution < -0.4 is 4.74 Å². The summed E-state index contributed by atoms with van der Waals surface area (Å²) in [6.45, 7) is 2.64. The topological polar surface area (TPSA) is 48.3 Å². The van der Waals surface area contributed by atoms with Crippen molar-refractivity contribution in [1.29, 1.82) is 0 Å². The van der Waals surface area contributed by atoms with Gasteiger partial charge < -0.3 is 9.30 Å². The largest absolute Gasteiger partial charge is 0.489 e. The fraction of sp³-hybridized carbons (Fsp3) is 0.152. The van der Waals surface area contributed by atoms with Crippen molar-refractivity contribution in [3.63, 3.8) is 0 Å². The lowest BCUT2D eigenvalue weighted by Gasteiger charge is -2.11. The lowest BCUT2D eigenvalue weighted by Crippen LogP contribution is -2.13. The Morgan fingerprint density at radius 1 is 0.800 bits per heavy atom. The smallest absolute Gasteiger partial charge is 0.416 e. The molecule has 0 spiro atoms. The van der Waals surface area contributed by atoms with Gasteiger partial charge in [-0.1, -0.05) is 54.6 Å². The number of rotatable bonds is 6. The van der Waals surface area contributed by atoms with E-state index in [9.17, 15) is 22.8 Å². The maximum atomic E-state index is 13.5. The van der Waals surface area contributed by atoms with Crippen LogP contribution in [0.25, 0.3) is 10.9 Å². The number of nitrogens with zero attached hydrogens (tertiary/aromatic N) is 1. The van der Waals surface area contributed by atoms with Crippen LogP contribution in [-0.4, -0.2) is 16.1 Å². The lowest BCUT2D eigenvalue weighted by atomic mass is 9.93. The van der Waals surface area contributed by atoms with Crippen LogP contribution in [0, 0.1) is 6.92 Å². The highest BCUT2D eigenvalue weighted by molar-refractivity contribution is 6.30. The first-order valence-electron chi connectivity index (χ1n) is 12.8. The normalized spacial score (nSPS) is 15.1. The number of ether oxygens (including phenoxy) is 1. The SMILES string of the molecule is Cc1cn(Cc2ccc(C(F)(F)F)cc2)c2cc(C3C(=O)c4ccc(OCc5ccccc5)cc4C3=O)ccc12. The van der Waals surface area contributed by atoms with Crippen molar-refractivity contribution in [2.24, 2.45) is 0 Å². The third-order valence-corrected chi connectivity index (χ3v) is 7.37.